The van der Waals surface area contributed by atoms with E-state index in [1.807, 2.05) is 0 Å². The molecule has 10 heteroatoms. The smallest absolute Gasteiger partial charge is 0.335 e. The molecule has 0 spiro atoms. The van der Waals surface area contributed by atoms with Crippen LogP contribution in [0.2, 0.25) is 0 Å². The Labute approximate surface area is 95.8 Å². The van der Waals surface area contributed by atoms with E-state index in [1.165, 1.54) is 0 Å². The van der Waals surface area contributed by atoms with Crippen LogP contribution in [0, 0.1) is 0 Å². The van der Waals surface area contributed by atoms with Crippen LogP contribution < -0.4 is 0 Å². The molecule has 0 unspecified atom stereocenters. The van der Waals surface area contributed by atoms with Crippen molar-refractivity contribution in [3.8, 4) is 0 Å². The monoisotopic (exact) mass is 276 g/mol. The normalized spacial score (nSPS) is 48.1. The largest absolute Gasteiger partial charge is 0.394 e. The van der Waals surface area contributed by atoms with Gasteiger partial charge in [-0.3, -0.25) is 0 Å². The highest BCUT2D eigenvalue weighted by Gasteiger charge is 2.70. The number of ether oxygens (including phenoxy) is 1. The molecule has 1 saturated heterocycles. The molecule has 0 aromatic rings. The van der Waals surface area contributed by atoms with Gasteiger partial charge in [0, 0.05) is 6.26 Å². The third-order valence-electron chi connectivity index (χ3n) is 2.53. The average molecular weight is 276 g/mol. The van der Waals surface area contributed by atoms with Gasteiger partial charge in [0.25, 0.3) is 0 Å². The molecule has 0 aliphatic carbocycles. The summed E-state index contributed by atoms with van der Waals surface area (Å²) in [5.74, 6) is -4.13. The van der Waals surface area contributed by atoms with E-state index in [4.69, 9.17) is 10.2 Å². The maximum absolute atomic E-state index is 13.7. The molecule has 1 rings (SSSR count). The lowest BCUT2D eigenvalue weighted by Gasteiger charge is -2.46. The van der Waals surface area contributed by atoms with Gasteiger partial charge in [-0.05, 0) is 0 Å². The second-order valence-corrected chi connectivity index (χ2v) is 5.90. The van der Waals surface area contributed by atoms with Gasteiger partial charge in [-0.2, -0.15) is 0 Å². The molecule has 8 nitrogen and oxygen atoms in total. The molecule has 1 aliphatic heterocycles. The Hall–Kier alpha value is -0.360. The van der Waals surface area contributed by atoms with E-state index in [0.29, 0.717) is 6.26 Å². The molecule has 0 radical (unpaired) electrons. The van der Waals surface area contributed by atoms with Gasteiger partial charge in [-0.1, -0.05) is 0 Å². The van der Waals surface area contributed by atoms with Crippen molar-refractivity contribution >= 4 is 9.84 Å². The van der Waals surface area contributed by atoms with E-state index < -0.39 is 45.7 Å². The first-order chi connectivity index (χ1) is 7.49. The predicted octanol–water partition coefficient (Wildman–Crippen LogP) is -3.55. The van der Waals surface area contributed by atoms with Gasteiger partial charge in [0.15, 0.2) is 0 Å². The molecule has 1 heterocycles. The number of hydrogen-bond acceptors (Lipinski definition) is 8. The number of hydrogen-bond donors (Lipinski definition) is 5. The first-order valence-electron chi connectivity index (χ1n) is 4.47. The van der Waals surface area contributed by atoms with Crippen molar-refractivity contribution in [1.29, 1.82) is 0 Å². The van der Waals surface area contributed by atoms with Gasteiger partial charge in [-0.15, -0.1) is 0 Å². The summed E-state index contributed by atoms with van der Waals surface area (Å²) in [4.78, 5) is 0. The molecule has 1 aliphatic rings. The molecule has 17 heavy (non-hydrogen) atoms. The van der Waals surface area contributed by atoms with E-state index in [0.717, 1.165) is 0 Å². The van der Waals surface area contributed by atoms with Crippen molar-refractivity contribution < 1.29 is 43.1 Å². The van der Waals surface area contributed by atoms with Crippen LogP contribution in [0.1, 0.15) is 0 Å². The fraction of sp³-hybridized carbons (Fsp3) is 1.00. The minimum atomic E-state index is -4.71. The average Bonchev–Trinajstić information content (AvgIpc) is 2.19. The molecule has 1 fully saturated rings. The molecule has 0 aromatic carbocycles. The lowest BCUT2D eigenvalue weighted by Crippen LogP contribution is -2.73. The first kappa shape index (κ1) is 14.7. The van der Waals surface area contributed by atoms with Crippen LogP contribution in [0.5, 0.6) is 0 Å². The molecular weight excluding hydrogens is 263 g/mol. The first-order valence-corrected chi connectivity index (χ1v) is 6.36. The Morgan fingerprint density at radius 2 is 1.82 bits per heavy atom. The predicted molar refractivity (Wildman–Crippen MR) is 49.8 cm³/mol. The topological polar surface area (TPSA) is 145 Å². The van der Waals surface area contributed by atoms with E-state index in [-0.39, 0.29) is 0 Å². The summed E-state index contributed by atoms with van der Waals surface area (Å²) in [6, 6.07) is 0. The zero-order valence-electron chi connectivity index (χ0n) is 8.69. The Balaban J connectivity index is 3.31. The molecule has 5 N–H and O–H groups in total. The lowest BCUT2D eigenvalue weighted by molar-refractivity contribution is -0.390. The van der Waals surface area contributed by atoms with Crippen molar-refractivity contribution in [2.75, 3.05) is 12.9 Å². The van der Waals surface area contributed by atoms with Gasteiger partial charge >= 0.3 is 11.0 Å². The Bertz CT molecular complexity index is 395. The van der Waals surface area contributed by atoms with Crippen LogP contribution in [0.15, 0.2) is 0 Å². The number of sulfone groups is 1. The van der Waals surface area contributed by atoms with Gasteiger partial charge in [-0.25, -0.2) is 12.8 Å². The fourth-order valence-corrected chi connectivity index (χ4v) is 2.41. The number of aliphatic hydroxyl groups is 5. The van der Waals surface area contributed by atoms with Crippen molar-refractivity contribution in [3.05, 3.63) is 0 Å². The summed E-state index contributed by atoms with van der Waals surface area (Å²) in [6.07, 6.45) is -6.16. The summed E-state index contributed by atoms with van der Waals surface area (Å²) in [5.41, 5.74) is 0. The van der Waals surface area contributed by atoms with Crippen LogP contribution in [-0.4, -0.2) is 76.1 Å². The highest BCUT2D eigenvalue weighted by atomic mass is 32.2. The summed E-state index contributed by atoms with van der Waals surface area (Å²) in [5, 5.41) is 42.1. The van der Waals surface area contributed by atoms with Crippen molar-refractivity contribution in [1.82, 2.24) is 0 Å². The standard InChI is InChI=1S/C7H13FO8S/c1-17(14,15)7(13)6(8,12)5(11)4(10)3(2-9)16-7/h3-5,9-13H,2H2,1H3/t3-,4-,5+,6+,7+/m1/s1. The van der Waals surface area contributed by atoms with Crippen LogP contribution >= 0.6 is 0 Å². The summed E-state index contributed by atoms with van der Waals surface area (Å²) in [6.45, 7) is -0.994. The van der Waals surface area contributed by atoms with Crippen LogP contribution in [-0.2, 0) is 14.6 Å². The lowest BCUT2D eigenvalue weighted by atomic mass is 9.97. The van der Waals surface area contributed by atoms with Crippen molar-refractivity contribution in [2.24, 2.45) is 0 Å². The van der Waals surface area contributed by atoms with Gasteiger partial charge in [0.05, 0.1) is 6.61 Å². The summed E-state index contributed by atoms with van der Waals surface area (Å²) >= 11 is 0. The minimum absolute atomic E-state index is 0.358. The van der Waals surface area contributed by atoms with E-state index in [9.17, 15) is 28.1 Å². The molecule has 5 atom stereocenters. The third kappa shape index (κ3) is 1.95. The second-order valence-electron chi connectivity index (χ2n) is 3.80. The molecule has 0 amide bonds. The molecular formula is C7H13FO8S. The van der Waals surface area contributed by atoms with Crippen molar-refractivity contribution in [2.45, 2.75) is 29.3 Å². The maximum Gasteiger partial charge on any atom is 0.335 e. The Morgan fingerprint density at radius 3 is 2.18 bits per heavy atom. The molecule has 0 aromatic heterocycles. The summed E-state index contributed by atoms with van der Waals surface area (Å²) < 4.78 is 40.3. The maximum atomic E-state index is 13.7. The zero-order valence-corrected chi connectivity index (χ0v) is 9.50. The zero-order chi connectivity index (χ0) is 13.6. The van der Waals surface area contributed by atoms with Crippen molar-refractivity contribution in [3.63, 3.8) is 0 Å². The van der Waals surface area contributed by atoms with Crippen LogP contribution in [0.4, 0.5) is 4.39 Å². The highest BCUT2D eigenvalue weighted by molar-refractivity contribution is 7.91. The third-order valence-corrected chi connectivity index (χ3v) is 3.92. The molecule has 0 saturated carbocycles. The van der Waals surface area contributed by atoms with E-state index in [2.05, 4.69) is 4.74 Å². The van der Waals surface area contributed by atoms with E-state index in [1.54, 1.807) is 0 Å². The molecule has 0 bridgehead atoms. The minimum Gasteiger partial charge on any atom is -0.394 e. The van der Waals surface area contributed by atoms with Gasteiger partial charge < -0.3 is 30.3 Å². The number of halogens is 1. The SMILES string of the molecule is CS(=O)(=O)[C@@]1(O)O[C@H](CO)[C@@H](O)[C@H](O)[C@@]1(O)F. The Morgan fingerprint density at radius 1 is 1.35 bits per heavy atom. The highest BCUT2D eigenvalue weighted by Crippen LogP contribution is 2.40. The number of aliphatic hydroxyl groups excluding tert-OH is 3. The Kier molecular flexibility index (Phi) is 3.53. The number of alkyl halides is 1. The number of rotatable bonds is 2. The van der Waals surface area contributed by atoms with Gasteiger partial charge in [0.1, 0.15) is 18.3 Å². The van der Waals surface area contributed by atoms with Crippen LogP contribution in [0.3, 0.4) is 0 Å². The summed E-state index contributed by atoms with van der Waals surface area (Å²) in [7, 11) is -4.71. The van der Waals surface area contributed by atoms with Gasteiger partial charge in [0.2, 0.25) is 9.84 Å². The fourth-order valence-electron chi connectivity index (χ4n) is 1.47. The quantitative estimate of drug-likeness (QED) is 0.348. The van der Waals surface area contributed by atoms with Crippen LogP contribution in [0.25, 0.3) is 0 Å². The second kappa shape index (κ2) is 4.09. The van der Waals surface area contributed by atoms with E-state index >= 15 is 0 Å². The molecule has 102 valence electrons.